The van der Waals surface area contributed by atoms with Gasteiger partial charge in [0.05, 0.1) is 5.56 Å². The van der Waals surface area contributed by atoms with Gasteiger partial charge in [0, 0.05) is 11.8 Å². The smallest absolute Gasteiger partial charge is 0.358 e. The average molecular weight is 197 g/mol. The van der Waals surface area contributed by atoms with E-state index in [0.717, 1.165) is 6.20 Å². The maximum Gasteiger partial charge on any atom is 0.358 e. The van der Waals surface area contributed by atoms with Gasteiger partial charge in [-0.2, -0.15) is 0 Å². The van der Waals surface area contributed by atoms with Crippen molar-refractivity contribution in [2.45, 2.75) is 6.92 Å². The number of rotatable bonds is 2. The topological polar surface area (TPSA) is 108 Å². The van der Waals surface area contributed by atoms with Gasteiger partial charge in [0.2, 0.25) is 0 Å². The van der Waals surface area contributed by atoms with Crippen molar-refractivity contribution < 1.29 is 24.9 Å². The summed E-state index contributed by atoms with van der Waals surface area (Å²) in [4.78, 5) is 24.4. The number of nitrogens with zero attached hydrogens (tertiary/aromatic N) is 1. The monoisotopic (exact) mass is 197 g/mol. The number of pyridine rings is 1. The highest BCUT2D eigenvalue weighted by atomic mass is 16.4. The third-order valence-corrected chi connectivity index (χ3v) is 1.74. The van der Waals surface area contributed by atoms with Crippen molar-refractivity contribution in [1.82, 2.24) is 4.98 Å². The molecule has 0 amide bonds. The van der Waals surface area contributed by atoms with Crippen LogP contribution in [0.2, 0.25) is 0 Å². The van der Waals surface area contributed by atoms with Crippen LogP contribution in [0, 0.1) is 6.92 Å². The normalized spacial score (nSPS) is 9.79. The summed E-state index contributed by atoms with van der Waals surface area (Å²) in [5.74, 6) is -3.28. The highest BCUT2D eigenvalue weighted by molar-refractivity contribution is 5.94. The first kappa shape index (κ1) is 9.97. The Kier molecular flexibility index (Phi) is 2.37. The minimum absolute atomic E-state index is 0.00935. The number of hydrogen-bond donors (Lipinski definition) is 3. The molecule has 3 N–H and O–H groups in total. The maximum absolute atomic E-state index is 10.6. The van der Waals surface area contributed by atoms with Gasteiger partial charge in [-0.1, -0.05) is 0 Å². The van der Waals surface area contributed by atoms with E-state index in [2.05, 4.69) is 4.98 Å². The summed E-state index contributed by atoms with van der Waals surface area (Å²) in [5, 5.41) is 26.5. The zero-order valence-electron chi connectivity index (χ0n) is 7.18. The highest BCUT2D eigenvalue weighted by Crippen LogP contribution is 2.22. The number of aromatic carboxylic acids is 2. The molecule has 0 aliphatic rings. The van der Waals surface area contributed by atoms with Crippen LogP contribution >= 0.6 is 0 Å². The van der Waals surface area contributed by atoms with Crippen LogP contribution in [-0.4, -0.2) is 32.2 Å². The molecule has 74 valence electrons. The first-order valence-corrected chi connectivity index (χ1v) is 3.60. The molecule has 1 rings (SSSR count). The van der Waals surface area contributed by atoms with Crippen molar-refractivity contribution in [3.63, 3.8) is 0 Å². The van der Waals surface area contributed by atoms with Gasteiger partial charge in [0.15, 0.2) is 11.4 Å². The van der Waals surface area contributed by atoms with Crippen LogP contribution in [0.5, 0.6) is 5.75 Å². The van der Waals surface area contributed by atoms with Crippen molar-refractivity contribution in [2.24, 2.45) is 0 Å². The van der Waals surface area contributed by atoms with E-state index in [1.54, 1.807) is 0 Å². The Balaban J connectivity index is 3.41. The summed E-state index contributed by atoms with van der Waals surface area (Å²) >= 11 is 0. The van der Waals surface area contributed by atoms with Crippen LogP contribution < -0.4 is 0 Å². The van der Waals surface area contributed by atoms with Gasteiger partial charge < -0.3 is 15.3 Å². The van der Waals surface area contributed by atoms with Gasteiger partial charge in [-0.15, -0.1) is 0 Å². The SMILES string of the molecule is Cc1c(C(=O)O)cnc(C(=O)O)c1O. The summed E-state index contributed by atoms with van der Waals surface area (Å²) in [6.45, 7) is 1.31. The molecule has 0 saturated carbocycles. The fourth-order valence-electron chi connectivity index (χ4n) is 0.964. The molecule has 0 aromatic carbocycles. The first-order valence-electron chi connectivity index (χ1n) is 3.60. The van der Waals surface area contributed by atoms with Crippen molar-refractivity contribution in [3.8, 4) is 5.75 Å². The fourth-order valence-corrected chi connectivity index (χ4v) is 0.964. The molecule has 0 fully saturated rings. The Morgan fingerprint density at radius 2 is 1.86 bits per heavy atom. The molecule has 6 nitrogen and oxygen atoms in total. The summed E-state index contributed by atoms with van der Waals surface area (Å²) in [5.41, 5.74) is -0.773. The lowest BCUT2D eigenvalue weighted by atomic mass is 10.1. The van der Waals surface area contributed by atoms with Gasteiger partial charge in [0.1, 0.15) is 0 Å². The number of carbonyl (C=O) groups is 2. The van der Waals surface area contributed by atoms with E-state index in [-0.39, 0.29) is 11.1 Å². The summed E-state index contributed by atoms with van der Waals surface area (Å²) < 4.78 is 0. The van der Waals surface area contributed by atoms with Gasteiger partial charge in [-0.25, -0.2) is 14.6 Å². The largest absolute Gasteiger partial charge is 0.505 e. The molecule has 0 aliphatic carbocycles. The molecule has 0 spiro atoms. The van der Waals surface area contributed by atoms with Gasteiger partial charge in [0.25, 0.3) is 0 Å². The van der Waals surface area contributed by atoms with Crippen molar-refractivity contribution in [3.05, 3.63) is 23.0 Å². The minimum atomic E-state index is -1.40. The van der Waals surface area contributed by atoms with E-state index < -0.39 is 23.4 Å². The van der Waals surface area contributed by atoms with E-state index >= 15 is 0 Å². The van der Waals surface area contributed by atoms with Crippen molar-refractivity contribution in [2.75, 3.05) is 0 Å². The van der Waals surface area contributed by atoms with E-state index in [9.17, 15) is 14.7 Å². The van der Waals surface area contributed by atoms with Crippen LogP contribution in [0.4, 0.5) is 0 Å². The molecular formula is C8H7NO5. The second-order valence-corrected chi connectivity index (χ2v) is 2.60. The van der Waals surface area contributed by atoms with Crippen LogP contribution in [-0.2, 0) is 0 Å². The predicted molar refractivity (Wildman–Crippen MR) is 44.6 cm³/mol. The molecular weight excluding hydrogens is 190 g/mol. The quantitative estimate of drug-likeness (QED) is 0.636. The number of hydrogen-bond acceptors (Lipinski definition) is 4. The molecule has 1 aromatic heterocycles. The molecule has 14 heavy (non-hydrogen) atoms. The lowest BCUT2D eigenvalue weighted by Crippen LogP contribution is -2.07. The summed E-state index contributed by atoms with van der Waals surface area (Å²) in [6, 6.07) is 0. The third kappa shape index (κ3) is 1.49. The number of carboxylic acids is 2. The molecule has 1 heterocycles. The van der Waals surface area contributed by atoms with Crippen LogP contribution in [0.15, 0.2) is 6.20 Å². The first-order chi connectivity index (χ1) is 6.45. The Morgan fingerprint density at radius 3 is 2.29 bits per heavy atom. The lowest BCUT2D eigenvalue weighted by molar-refractivity contribution is 0.0671. The molecule has 6 heteroatoms. The van der Waals surface area contributed by atoms with Crippen molar-refractivity contribution in [1.29, 1.82) is 0 Å². The molecule has 0 atom stereocenters. The lowest BCUT2D eigenvalue weighted by Gasteiger charge is -2.04. The van der Waals surface area contributed by atoms with Crippen molar-refractivity contribution >= 4 is 11.9 Å². The average Bonchev–Trinajstić information content (AvgIpc) is 2.08. The summed E-state index contributed by atoms with van der Waals surface area (Å²) in [7, 11) is 0. The molecule has 0 unspecified atom stereocenters. The van der Waals surface area contributed by atoms with Crippen LogP contribution in [0.25, 0.3) is 0 Å². The second-order valence-electron chi connectivity index (χ2n) is 2.60. The van der Waals surface area contributed by atoms with E-state index in [1.165, 1.54) is 6.92 Å². The number of aromatic hydroxyl groups is 1. The zero-order valence-corrected chi connectivity index (χ0v) is 7.18. The highest BCUT2D eigenvalue weighted by Gasteiger charge is 2.18. The number of aromatic nitrogens is 1. The molecule has 0 bridgehead atoms. The Labute approximate surface area is 78.5 Å². The van der Waals surface area contributed by atoms with Gasteiger partial charge >= 0.3 is 11.9 Å². The molecule has 0 saturated heterocycles. The van der Waals surface area contributed by atoms with Crippen LogP contribution in [0.3, 0.4) is 0 Å². The number of carboxylic acid groups (broad SMARTS) is 2. The maximum atomic E-state index is 10.6. The van der Waals surface area contributed by atoms with E-state index in [1.807, 2.05) is 0 Å². The molecule has 1 aromatic rings. The van der Waals surface area contributed by atoms with E-state index in [4.69, 9.17) is 10.2 Å². The minimum Gasteiger partial charge on any atom is -0.505 e. The Bertz CT molecular complexity index is 373. The Hall–Kier alpha value is -2.11. The zero-order chi connectivity index (χ0) is 10.9. The van der Waals surface area contributed by atoms with E-state index in [0.29, 0.717) is 0 Å². The second kappa shape index (κ2) is 3.33. The fraction of sp³-hybridized carbons (Fsp3) is 0.125. The predicted octanol–water partition coefficient (Wildman–Crippen LogP) is 0.492. The summed E-state index contributed by atoms with van der Waals surface area (Å²) in [6.07, 6.45) is 0.904. The van der Waals surface area contributed by atoms with Crippen LogP contribution in [0.1, 0.15) is 26.4 Å². The molecule has 0 aliphatic heterocycles. The molecule has 0 radical (unpaired) electrons. The Morgan fingerprint density at radius 1 is 1.29 bits per heavy atom. The standard InChI is InChI=1S/C8H7NO5/c1-3-4(7(11)12)2-9-5(6(3)10)8(13)14/h2,10H,1H3,(H,11,12)(H,13,14). The third-order valence-electron chi connectivity index (χ3n) is 1.74. The van der Waals surface area contributed by atoms with Gasteiger partial charge in [-0.3, -0.25) is 0 Å². The van der Waals surface area contributed by atoms with Gasteiger partial charge in [-0.05, 0) is 6.92 Å².